The van der Waals surface area contributed by atoms with Crippen molar-refractivity contribution >= 4 is 17.6 Å². The van der Waals surface area contributed by atoms with Crippen LogP contribution in [-0.2, 0) is 4.79 Å². The number of hydrogen-bond donors (Lipinski definition) is 2. The van der Waals surface area contributed by atoms with Crippen molar-refractivity contribution < 1.29 is 9.90 Å². The van der Waals surface area contributed by atoms with Crippen molar-refractivity contribution in [1.29, 1.82) is 0 Å². The van der Waals surface area contributed by atoms with Gasteiger partial charge < -0.3 is 10.8 Å². The first-order valence-corrected chi connectivity index (χ1v) is 4.08. The fraction of sp³-hybridized carbons (Fsp3) is 0.250. The molecule has 1 atom stereocenters. The van der Waals surface area contributed by atoms with E-state index in [-0.39, 0.29) is 11.7 Å². The Labute approximate surface area is 80.3 Å². The van der Waals surface area contributed by atoms with Gasteiger partial charge in [0.15, 0.2) is 0 Å². The fourth-order valence-corrected chi connectivity index (χ4v) is 1.14. The predicted octanol–water partition coefficient (Wildman–Crippen LogP) is 0.862. The molecule has 0 aliphatic carbocycles. The molecule has 0 saturated heterocycles. The number of carbonyl (C=O) groups is 1. The second kappa shape index (κ2) is 4.20. The van der Waals surface area contributed by atoms with E-state index >= 15 is 0 Å². The van der Waals surface area contributed by atoms with Crippen LogP contribution in [0.25, 0.3) is 0 Å². The van der Waals surface area contributed by atoms with Gasteiger partial charge >= 0.3 is 5.97 Å². The SMILES string of the molecule is NCC(C(=O)O)c1cccc(Cl)n1. The van der Waals surface area contributed by atoms with E-state index in [1.807, 2.05) is 0 Å². The van der Waals surface area contributed by atoms with Gasteiger partial charge in [0.05, 0.1) is 5.69 Å². The van der Waals surface area contributed by atoms with Crippen molar-refractivity contribution in [3.63, 3.8) is 0 Å². The zero-order valence-corrected chi connectivity index (χ0v) is 7.53. The number of halogens is 1. The minimum atomic E-state index is -0.989. The molecule has 1 aromatic rings. The molecular weight excluding hydrogens is 192 g/mol. The second-order valence-corrected chi connectivity index (χ2v) is 2.90. The van der Waals surface area contributed by atoms with Crippen molar-refractivity contribution in [2.75, 3.05) is 6.54 Å². The number of rotatable bonds is 3. The Morgan fingerprint density at radius 2 is 2.38 bits per heavy atom. The van der Waals surface area contributed by atoms with Gasteiger partial charge in [0, 0.05) is 6.54 Å². The lowest BCUT2D eigenvalue weighted by Crippen LogP contribution is -2.22. The highest BCUT2D eigenvalue weighted by Gasteiger charge is 2.19. The molecule has 1 unspecified atom stereocenters. The maximum atomic E-state index is 10.7. The molecule has 0 aliphatic heterocycles. The Morgan fingerprint density at radius 1 is 1.69 bits per heavy atom. The predicted molar refractivity (Wildman–Crippen MR) is 48.7 cm³/mol. The van der Waals surface area contributed by atoms with E-state index in [0.717, 1.165) is 0 Å². The molecule has 0 aromatic carbocycles. The van der Waals surface area contributed by atoms with Gasteiger partial charge in [-0.15, -0.1) is 0 Å². The zero-order chi connectivity index (χ0) is 9.84. The summed E-state index contributed by atoms with van der Waals surface area (Å²) in [5.74, 6) is -1.77. The highest BCUT2D eigenvalue weighted by Crippen LogP contribution is 2.14. The Balaban J connectivity index is 2.98. The molecule has 0 spiro atoms. The summed E-state index contributed by atoms with van der Waals surface area (Å²) in [5, 5.41) is 9.03. The van der Waals surface area contributed by atoms with Crippen LogP contribution in [0.2, 0.25) is 5.15 Å². The topological polar surface area (TPSA) is 76.2 Å². The number of aromatic nitrogens is 1. The molecular formula is C8H9ClN2O2. The van der Waals surface area contributed by atoms with Crippen LogP contribution in [0.1, 0.15) is 11.6 Å². The van der Waals surface area contributed by atoms with Crippen LogP contribution in [0.5, 0.6) is 0 Å². The van der Waals surface area contributed by atoms with E-state index in [1.54, 1.807) is 18.2 Å². The van der Waals surface area contributed by atoms with Crippen LogP contribution in [0.3, 0.4) is 0 Å². The Kier molecular flexibility index (Phi) is 3.22. The molecule has 5 heteroatoms. The average Bonchev–Trinajstić information content (AvgIpc) is 2.04. The Hall–Kier alpha value is -1.13. The molecule has 4 nitrogen and oxygen atoms in total. The minimum Gasteiger partial charge on any atom is -0.481 e. The maximum absolute atomic E-state index is 10.7. The summed E-state index contributed by atoms with van der Waals surface area (Å²) < 4.78 is 0. The van der Waals surface area contributed by atoms with Crippen LogP contribution >= 0.6 is 11.6 Å². The van der Waals surface area contributed by atoms with E-state index in [2.05, 4.69) is 4.98 Å². The first-order chi connectivity index (χ1) is 6.15. The molecule has 1 rings (SSSR count). The Bertz CT molecular complexity index is 317. The molecule has 0 amide bonds. The van der Waals surface area contributed by atoms with Gasteiger partial charge in [-0.25, -0.2) is 4.98 Å². The minimum absolute atomic E-state index is 0.0165. The third-order valence-electron chi connectivity index (χ3n) is 1.63. The van der Waals surface area contributed by atoms with Gasteiger partial charge in [-0.05, 0) is 12.1 Å². The van der Waals surface area contributed by atoms with Crippen LogP contribution in [0.4, 0.5) is 0 Å². The van der Waals surface area contributed by atoms with Crippen LogP contribution in [0.15, 0.2) is 18.2 Å². The summed E-state index contributed by atoms with van der Waals surface area (Å²) in [7, 11) is 0. The van der Waals surface area contributed by atoms with Crippen LogP contribution in [-0.4, -0.2) is 22.6 Å². The number of hydrogen-bond acceptors (Lipinski definition) is 3. The summed E-state index contributed by atoms with van der Waals surface area (Å²) in [6.45, 7) is 0.0165. The average molecular weight is 201 g/mol. The van der Waals surface area contributed by atoms with Gasteiger partial charge in [-0.3, -0.25) is 4.79 Å². The normalized spacial score (nSPS) is 12.5. The lowest BCUT2D eigenvalue weighted by atomic mass is 10.1. The maximum Gasteiger partial charge on any atom is 0.313 e. The number of nitrogens with two attached hydrogens (primary N) is 1. The molecule has 13 heavy (non-hydrogen) atoms. The number of nitrogens with zero attached hydrogens (tertiary/aromatic N) is 1. The smallest absolute Gasteiger partial charge is 0.313 e. The molecule has 0 aliphatic rings. The quantitative estimate of drug-likeness (QED) is 0.710. The van der Waals surface area contributed by atoms with Gasteiger partial charge in [0.25, 0.3) is 0 Å². The second-order valence-electron chi connectivity index (χ2n) is 2.51. The molecule has 1 aromatic heterocycles. The van der Waals surface area contributed by atoms with E-state index < -0.39 is 11.9 Å². The molecule has 0 bridgehead atoms. The standard InChI is InChI=1S/C8H9ClN2O2/c9-7-3-1-2-6(11-7)5(4-10)8(12)13/h1-3,5H,4,10H2,(H,12,13). The van der Waals surface area contributed by atoms with Gasteiger partial charge in [-0.2, -0.15) is 0 Å². The van der Waals surface area contributed by atoms with E-state index in [9.17, 15) is 4.79 Å². The van der Waals surface area contributed by atoms with Gasteiger partial charge in [0.1, 0.15) is 11.1 Å². The van der Waals surface area contributed by atoms with Crippen LogP contribution in [0, 0.1) is 0 Å². The molecule has 3 N–H and O–H groups in total. The van der Waals surface area contributed by atoms with E-state index in [0.29, 0.717) is 5.69 Å². The van der Waals surface area contributed by atoms with Crippen molar-refractivity contribution in [3.8, 4) is 0 Å². The van der Waals surface area contributed by atoms with Gasteiger partial charge in [-0.1, -0.05) is 17.7 Å². The lowest BCUT2D eigenvalue weighted by Gasteiger charge is -2.08. The molecule has 0 saturated carbocycles. The zero-order valence-electron chi connectivity index (χ0n) is 6.77. The Morgan fingerprint density at radius 3 is 2.85 bits per heavy atom. The molecule has 1 heterocycles. The van der Waals surface area contributed by atoms with E-state index in [4.69, 9.17) is 22.4 Å². The monoisotopic (exact) mass is 200 g/mol. The summed E-state index contributed by atoms with van der Waals surface area (Å²) >= 11 is 5.61. The largest absolute Gasteiger partial charge is 0.481 e. The third-order valence-corrected chi connectivity index (χ3v) is 1.84. The summed E-state index contributed by atoms with van der Waals surface area (Å²) in [5.41, 5.74) is 5.68. The number of aliphatic carboxylic acids is 1. The van der Waals surface area contributed by atoms with Crippen molar-refractivity contribution in [2.24, 2.45) is 5.73 Å². The van der Waals surface area contributed by atoms with Crippen molar-refractivity contribution in [3.05, 3.63) is 29.0 Å². The molecule has 70 valence electrons. The van der Waals surface area contributed by atoms with Gasteiger partial charge in [0.2, 0.25) is 0 Å². The van der Waals surface area contributed by atoms with Crippen molar-refractivity contribution in [1.82, 2.24) is 4.98 Å². The first kappa shape index (κ1) is 9.95. The first-order valence-electron chi connectivity index (χ1n) is 3.70. The molecule has 0 radical (unpaired) electrons. The number of pyridine rings is 1. The highest BCUT2D eigenvalue weighted by molar-refractivity contribution is 6.29. The number of carboxylic acids is 1. The van der Waals surface area contributed by atoms with E-state index in [1.165, 1.54) is 0 Å². The lowest BCUT2D eigenvalue weighted by molar-refractivity contribution is -0.138. The summed E-state index contributed by atoms with van der Waals surface area (Å²) in [6.07, 6.45) is 0. The van der Waals surface area contributed by atoms with Crippen LogP contribution < -0.4 is 5.73 Å². The highest BCUT2D eigenvalue weighted by atomic mass is 35.5. The number of carboxylic acid groups (broad SMARTS) is 1. The summed E-state index contributed by atoms with van der Waals surface area (Å²) in [4.78, 5) is 14.5. The fourth-order valence-electron chi connectivity index (χ4n) is 0.966. The third kappa shape index (κ3) is 2.40. The van der Waals surface area contributed by atoms with Crippen molar-refractivity contribution in [2.45, 2.75) is 5.92 Å². The molecule has 0 fully saturated rings. The summed E-state index contributed by atoms with van der Waals surface area (Å²) in [6, 6.07) is 4.83.